The van der Waals surface area contributed by atoms with Crippen LogP contribution in [-0.2, 0) is 10.0 Å². The summed E-state index contributed by atoms with van der Waals surface area (Å²) in [5.74, 6) is -9.47. The van der Waals surface area contributed by atoms with Crippen LogP contribution < -0.4 is 0 Å². The molecule has 0 aliphatic heterocycles. The second-order valence-electron chi connectivity index (χ2n) is 8.25. The van der Waals surface area contributed by atoms with Crippen molar-refractivity contribution in [1.29, 1.82) is 0 Å². The van der Waals surface area contributed by atoms with Gasteiger partial charge in [-0.15, -0.1) is 0 Å². The van der Waals surface area contributed by atoms with Crippen LogP contribution in [0.2, 0.25) is 5.04 Å². The van der Waals surface area contributed by atoms with E-state index >= 15 is 0 Å². The van der Waals surface area contributed by atoms with Crippen LogP contribution in [0, 0.1) is 23.3 Å². The standard InChI is InChI=1S/C20H22F4O3Si/c1-19(2,3)28-27-20(4,5)11-8-6-10(7-9-11)12-14(21)16(23)13(18(25)26)17(24)15(12)22/h6-9H,28H2,1-5H3,(H,25,26). The van der Waals surface area contributed by atoms with E-state index in [4.69, 9.17) is 9.53 Å². The van der Waals surface area contributed by atoms with Gasteiger partial charge in [0.2, 0.25) is 0 Å². The van der Waals surface area contributed by atoms with Gasteiger partial charge < -0.3 is 9.53 Å². The molecule has 1 N–H and O–H groups in total. The molecule has 0 unspecified atom stereocenters. The summed E-state index contributed by atoms with van der Waals surface area (Å²) in [5, 5.41) is 8.84. The number of hydrogen-bond acceptors (Lipinski definition) is 2. The van der Waals surface area contributed by atoms with Crippen molar-refractivity contribution in [2.45, 2.75) is 45.3 Å². The average molecular weight is 414 g/mol. The molecule has 0 amide bonds. The number of rotatable bonds is 5. The minimum Gasteiger partial charge on any atom is -0.477 e. The number of aromatic carboxylic acids is 1. The highest BCUT2D eigenvalue weighted by Gasteiger charge is 2.30. The first-order valence-corrected chi connectivity index (χ1v) is 9.89. The smallest absolute Gasteiger partial charge is 0.341 e. The molecule has 8 heteroatoms. The Balaban J connectivity index is 2.45. The molecule has 0 aromatic heterocycles. The lowest BCUT2D eigenvalue weighted by Gasteiger charge is -2.30. The van der Waals surface area contributed by atoms with Gasteiger partial charge in [0.1, 0.15) is 5.56 Å². The molecule has 152 valence electrons. The highest BCUT2D eigenvalue weighted by Crippen LogP contribution is 2.34. The first-order valence-electron chi connectivity index (χ1n) is 8.60. The minimum absolute atomic E-state index is 0.0738. The maximum Gasteiger partial charge on any atom is 0.341 e. The number of carbonyl (C=O) groups is 1. The lowest BCUT2D eigenvalue weighted by atomic mass is 9.94. The Bertz CT molecular complexity index is 874. The zero-order valence-electron chi connectivity index (χ0n) is 16.3. The van der Waals surface area contributed by atoms with Gasteiger partial charge in [-0.05, 0) is 30.0 Å². The van der Waals surface area contributed by atoms with E-state index < -0.39 is 55.7 Å². The van der Waals surface area contributed by atoms with Gasteiger partial charge in [-0.2, -0.15) is 0 Å². The molecule has 0 fully saturated rings. The molecule has 2 aromatic rings. The summed E-state index contributed by atoms with van der Waals surface area (Å²) in [6, 6.07) is 5.76. The Labute approximate surface area is 163 Å². The van der Waals surface area contributed by atoms with E-state index in [9.17, 15) is 22.4 Å². The first kappa shape index (κ1) is 22.1. The van der Waals surface area contributed by atoms with E-state index in [2.05, 4.69) is 20.8 Å². The Morgan fingerprint density at radius 2 is 1.36 bits per heavy atom. The molecule has 0 aliphatic carbocycles. The van der Waals surface area contributed by atoms with Crippen LogP contribution >= 0.6 is 0 Å². The second kappa shape index (κ2) is 7.67. The summed E-state index contributed by atoms with van der Waals surface area (Å²) in [7, 11) is -0.870. The summed E-state index contributed by atoms with van der Waals surface area (Å²) in [4.78, 5) is 10.9. The average Bonchev–Trinajstić information content (AvgIpc) is 2.58. The van der Waals surface area contributed by atoms with E-state index in [-0.39, 0.29) is 10.6 Å². The van der Waals surface area contributed by atoms with Gasteiger partial charge in [0.15, 0.2) is 33.0 Å². The van der Waals surface area contributed by atoms with E-state index in [1.54, 1.807) is 12.1 Å². The fourth-order valence-electron chi connectivity index (χ4n) is 2.59. The number of benzene rings is 2. The van der Waals surface area contributed by atoms with Crippen molar-refractivity contribution >= 4 is 15.7 Å². The molecule has 0 atom stereocenters. The van der Waals surface area contributed by atoms with Crippen LogP contribution in [0.5, 0.6) is 0 Å². The van der Waals surface area contributed by atoms with Crippen molar-refractivity contribution in [2.75, 3.05) is 0 Å². The summed E-state index contributed by atoms with van der Waals surface area (Å²) < 4.78 is 62.5. The Morgan fingerprint density at radius 3 is 1.75 bits per heavy atom. The molecule has 0 saturated carbocycles. The highest BCUT2D eigenvalue weighted by atomic mass is 28.2. The Kier molecular flexibility index (Phi) is 6.06. The van der Waals surface area contributed by atoms with Crippen LogP contribution in [0.15, 0.2) is 24.3 Å². The molecule has 0 spiro atoms. The van der Waals surface area contributed by atoms with Gasteiger partial charge in [0.25, 0.3) is 0 Å². The third-order valence-electron chi connectivity index (χ3n) is 4.21. The molecule has 28 heavy (non-hydrogen) atoms. The molecular weight excluding hydrogens is 392 g/mol. The third-order valence-corrected chi connectivity index (χ3v) is 5.94. The SMILES string of the molecule is CC(C)(C)[SiH2]OC(C)(C)c1ccc(-c2c(F)c(F)c(C(=O)O)c(F)c2F)cc1. The fourth-order valence-corrected chi connectivity index (χ4v) is 3.55. The first-order chi connectivity index (χ1) is 12.8. The molecule has 0 bridgehead atoms. The van der Waals surface area contributed by atoms with Crippen LogP contribution in [-0.4, -0.2) is 20.8 Å². The van der Waals surface area contributed by atoms with Crippen LogP contribution in [0.4, 0.5) is 17.6 Å². The van der Waals surface area contributed by atoms with Crippen LogP contribution in [0.25, 0.3) is 11.1 Å². The quantitative estimate of drug-likeness (QED) is 0.418. The van der Waals surface area contributed by atoms with Gasteiger partial charge >= 0.3 is 5.97 Å². The fraction of sp³-hybridized carbons (Fsp3) is 0.350. The van der Waals surface area contributed by atoms with E-state index in [1.807, 2.05) is 13.8 Å². The number of halogens is 4. The predicted octanol–water partition coefficient (Wildman–Crippen LogP) is 5.16. The van der Waals surface area contributed by atoms with Crippen molar-refractivity contribution in [1.82, 2.24) is 0 Å². The van der Waals surface area contributed by atoms with Crippen molar-refractivity contribution in [2.24, 2.45) is 0 Å². The van der Waals surface area contributed by atoms with Crippen LogP contribution in [0.3, 0.4) is 0 Å². The summed E-state index contributed by atoms with van der Waals surface area (Å²) >= 11 is 0. The summed E-state index contributed by atoms with van der Waals surface area (Å²) in [6.07, 6.45) is 0. The van der Waals surface area contributed by atoms with Crippen LogP contribution in [0.1, 0.15) is 50.5 Å². The third kappa shape index (κ3) is 4.44. The van der Waals surface area contributed by atoms with Crippen molar-refractivity contribution in [3.05, 3.63) is 58.7 Å². The lowest BCUT2D eigenvalue weighted by molar-refractivity contribution is 0.0683. The lowest BCUT2D eigenvalue weighted by Crippen LogP contribution is -2.27. The summed E-state index contributed by atoms with van der Waals surface area (Å²) in [5.41, 5.74) is -2.63. The maximum atomic E-state index is 14.3. The largest absolute Gasteiger partial charge is 0.477 e. The number of carboxylic acid groups (broad SMARTS) is 1. The Morgan fingerprint density at radius 1 is 0.893 bits per heavy atom. The molecule has 2 aromatic carbocycles. The zero-order valence-corrected chi connectivity index (χ0v) is 17.7. The molecule has 0 radical (unpaired) electrons. The van der Waals surface area contributed by atoms with Crippen molar-refractivity contribution in [3.8, 4) is 11.1 Å². The Hall–Kier alpha value is -2.19. The highest BCUT2D eigenvalue weighted by molar-refractivity contribution is 6.31. The van der Waals surface area contributed by atoms with Gasteiger partial charge in [0, 0.05) is 0 Å². The number of carboxylic acids is 1. The normalized spacial score (nSPS) is 12.8. The topological polar surface area (TPSA) is 46.5 Å². The summed E-state index contributed by atoms with van der Waals surface area (Å²) in [6.45, 7) is 9.96. The second-order valence-corrected chi connectivity index (χ2v) is 10.9. The zero-order chi connectivity index (χ0) is 21.4. The predicted molar refractivity (Wildman–Crippen MR) is 101 cm³/mol. The van der Waals surface area contributed by atoms with E-state index in [1.165, 1.54) is 12.1 Å². The maximum absolute atomic E-state index is 14.3. The number of hydrogen-bond donors (Lipinski definition) is 1. The van der Waals surface area contributed by atoms with Gasteiger partial charge in [0.05, 0.1) is 11.2 Å². The van der Waals surface area contributed by atoms with Crippen molar-refractivity contribution < 1.29 is 31.9 Å². The van der Waals surface area contributed by atoms with Gasteiger partial charge in [-0.1, -0.05) is 45.0 Å². The van der Waals surface area contributed by atoms with Gasteiger partial charge in [-0.25, -0.2) is 22.4 Å². The monoisotopic (exact) mass is 414 g/mol. The van der Waals surface area contributed by atoms with Gasteiger partial charge in [-0.3, -0.25) is 0 Å². The van der Waals surface area contributed by atoms with E-state index in [0.717, 1.165) is 5.56 Å². The molecule has 2 rings (SSSR count). The molecule has 3 nitrogen and oxygen atoms in total. The molecule has 0 saturated heterocycles. The van der Waals surface area contributed by atoms with Crippen molar-refractivity contribution in [3.63, 3.8) is 0 Å². The minimum atomic E-state index is -2.09. The molecule has 0 aliphatic rings. The molecule has 0 heterocycles. The van der Waals surface area contributed by atoms with E-state index in [0.29, 0.717) is 0 Å². The molecular formula is C20H22F4O3Si.